The molecule has 0 spiro atoms. The van der Waals surface area contributed by atoms with Gasteiger partial charge >= 0.3 is 5.69 Å². The van der Waals surface area contributed by atoms with Gasteiger partial charge < -0.3 is 15.7 Å². The van der Waals surface area contributed by atoms with E-state index >= 15 is 4.39 Å². The Kier molecular flexibility index (Phi) is 4.04. The molecule has 1 saturated carbocycles. The first-order valence-electron chi connectivity index (χ1n) is 9.12. The zero-order valence-electron chi connectivity index (χ0n) is 15.4. The molecule has 10 heteroatoms. The number of H-pyrrole nitrogens is 1. The minimum Gasteiger partial charge on any atom is -0.504 e. The largest absolute Gasteiger partial charge is 0.504 e. The van der Waals surface area contributed by atoms with Crippen LogP contribution in [-0.2, 0) is 0 Å². The van der Waals surface area contributed by atoms with Crippen molar-refractivity contribution in [2.24, 2.45) is 11.7 Å². The van der Waals surface area contributed by atoms with Gasteiger partial charge in [-0.05, 0) is 26.7 Å². The molecule has 1 aliphatic carbocycles. The van der Waals surface area contributed by atoms with Crippen LogP contribution in [0, 0.1) is 18.7 Å². The number of aromatic amines is 1. The van der Waals surface area contributed by atoms with Gasteiger partial charge in [0.05, 0.1) is 23.7 Å². The molecule has 2 fully saturated rings. The number of phenolic OH excluding ortho intramolecular Hbond substituents is 1. The molecule has 1 aromatic heterocycles. The first-order chi connectivity index (χ1) is 13.0. The van der Waals surface area contributed by atoms with Gasteiger partial charge in [0.2, 0.25) is 0 Å². The average Bonchev–Trinajstić information content (AvgIpc) is 3.35. The number of benzene rings is 1. The second-order valence-electron chi connectivity index (χ2n) is 7.83. The van der Waals surface area contributed by atoms with Crippen molar-refractivity contribution in [1.29, 1.82) is 0 Å². The molecule has 0 amide bonds. The van der Waals surface area contributed by atoms with Crippen LogP contribution in [-0.4, -0.2) is 39.7 Å². The molecule has 4 N–H and O–H groups in total. The Morgan fingerprint density at radius 3 is 2.50 bits per heavy atom. The molecular formula is C18H21F3N4O3. The summed E-state index contributed by atoms with van der Waals surface area (Å²) in [6.07, 6.45) is 1.39. The van der Waals surface area contributed by atoms with Crippen LogP contribution in [0.2, 0.25) is 0 Å². The molecule has 1 aliphatic heterocycles. The molecule has 0 bridgehead atoms. The van der Waals surface area contributed by atoms with Crippen molar-refractivity contribution in [2.75, 3.05) is 18.0 Å². The monoisotopic (exact) mass is 398 g/mol. The highest BCUT2D eigenvalue weighted by Crippen LogP contribution is 2.45. The van der Waals surface area contributed by atoms with Crippen molar-refractivity contribution in [3.8, 4) is 5.75 Å². The standard InChI is InChI=1S/C18H21F3N4O3/c1-7-13-11(16(27)23-17(28)25(13)9-3-4-9)15(26)12(19)14(7)24-5-10(8(2)22)18(20,21)6-24/h8-10,26H,3-6,22H2,1-2H3,(H,23,27,28). The van der Waals surface area contributed by atoms with E-state index in [1.165, 1.54) is 18.4 Å². The number of hydrogen-bond donors (Lipinski definition) is 3. The summed E-state index contributed by atoms with van der Waals surface area (Å²) in [6, 6.07) is -0.995. The predicted molar refractivity (Wildman–Crippen MR) is 97.8 cm³/mol. The molecule has 4 rings (SSSR count). The minimum absolute atomic E-state index is 0.0812. The Hall–Kier alpha value is -2.49. The minimum atomic E-state index is -3.14. The van der Waals surface area contributed by atoms with Gasteiger partial charge in [-0.1, -0.05) is 0 Å². The number of hydrogen-bond acceptors (Lipinski definition) is 5. The second-order valence-corrected chi connectivity index (χ2v) is 7.83. The third kappa shape index (κ3) is 2.61. The van der Waals surface area contributed by atoms with Crippen LogP contribution < -0.4 is 21.9 Å². The van der Waals surface area contributed by atoms with E-state index in [4.69, 9.17) is 5.73 Å². The Bertz CT molecular complexity index is 1090. The molecular weight excluding hydrogens is 377 g/mol. The number of aryl methyl sites for hydroxylation is 1. The van der Waals surface area contributed by atoms with E-state index in [9.17, 15) is 23.5 Å². The zero-order valence-corrected chi connectivity index (χ0v) is 15.4. The van der Waals surface area contributed by atoms with E-state index in [1.807, 2.05) is 0 Å². The Labute approximate surface area is 157 Å². The van der Waals surface area contributed by atoms with Gasteiger partial charge in [-0.25, -0.2) is 18.0 Å². The fraction of sp³-hybridized carbons (Fsp3) is 0.556. The van der Waals surface area contributed by atoms with Crippen LogP contribution >= 0.6 is 0 Å². The summed E-state index contributed by atoms with van der Waals surface area (Å²) >= 11 is 0. The van der Waals surface area contributed by atoms with Gasteiger partial charge in [0.25, 0.3) is 11.5 Å². The maximum atomic E-state index is 15.0. The maximum Gasteiger partial charge on any atom is 0.329 e. The lowest BCUT2D eigenvalue weighted by molar-refractivity contribution is -0.0273. The van der Waals surface area contributed by atoms with Crippen molar-refractivity contribution in [2.45, 2.75) is 44.7 Å². The summed E-state index contributed by atoms with van der Waals surface area (Å²) in [6.45, 7) is 1.96. The van der Waals surface area contributed by atoms with Crippen LogP contribution in [0.25, 0.3) is 10.9 Å². The number of alkyl halides is 2. The van der Waals surface area contributed by atoms with E-state index in [0.29, 0.717) is 12.8 Å². The molecule has 1 saturated heterocycles. The van der Waals surface area contributed by atoms with Crippen molar-refractivity contribution in [3.63, 3.8) is 0 Å². The molecule has 2 aliphatic rings. The predicted octanol–water partition coefficient (Wildman–Crippen LogP) is 1.60. The van der Waals surface area contributed by atoms with Crippen LogP contribution in [0.15, 0.2) is 9.59 Å². The number of rotatable bonds is 3. The van der Waals surface area contributed by atoms with Crippen molar-refractivity contribution >= 4 is 16.6 Å². The maximum absolute atomic E-state index is 15.0. The van der Waals surface area contributed by atoms with E-state index < -0.39 is 47.2 Å². The number of phenols is 1. The van der Waals surface area contributed by atoms with Crippen LogP contribution in [0.1, 0.15) is 31.4 Å². The number of aromatic hydroxyl groups is 1. The summed E-state index contributed by atoms with van der Waals surface area (Å²) in [5, 5.41) is 10.0. The lowest BCUT2D eigenvalue weighted by atomic mass is 9.98. The smallest absolute Gasteiger partial charge is 0.329 e. The molecule has 152 valence electrons. The number of fused-ring (bicyclic) bond motifs is 1. The van der Waals surface area contributed by atoms with Gasteiger partial charge in [-0.15, -0.1) is 0 Å². The fourth-order valence-corrected chi connectivity index (χ4v) is 4.22. The molecule has 2 unspecified atom stereocenters. The van der Waals surface area contributed by atoms with E-state index in [1.54, 1.807) is 0 Å². The fourth-order valence-electron chi connectivity index (χ4n) is 4.22. The van der Waals surface area contributed by atoms with Gasteiger partial charge in [0.1, 0.15) is 5.39 Å². The summed E-state index contributed by atoms with van der Waals surface area (Å²) in [7, 11) is 0. The first-order valence-corrected chi connectivity index (χ1v) is 9.12. The highest BCUT2D eigenvalue weighted by Gasteiger charge is 2.50. The summed E-state index contributed by atoms with van der Waals surface area (Å²) in [4.78, 5) is 27.8. The summed E-state index contributed by atoms with van der Waals surface area (Å²) in [5.41, 5.74) is 4.12. The third-order valence-corrected chi connectivity index (χ3v) is 5.73. The van der Waals surface area contributed by atoms with Crippen LogP contribution in [0.4, 0.5) is 18.9 Å². The van der Waals surface area contributed by atoms with Gasteiger partial charge in [-0.3, -0.25) is 14.3 Å². The van der Waals surface area contributed by atoms with Crippen molar-refractivity contribution in [3.05, 3.63) is 32.2 Å². The molecule has 2 atom stereocenters. The van der Waals surface area contributed by atoms with Crippen LogP contribution in [0.3, 0.4) is 0 Å². The molecule has 2 heterocycles. The number of halogens is 3. The second kappa shape index (κ2) is 6.00. The Morgan fingerprint density at radius 2 is 1.96 bits per heavy atom. The Balaban J connectivity index is 2.00. The summed E-state index contributed by atoms with van der Waals surface area (Å²) < 4.78 is 45.2. The number of nitrogens with two attached hydrogens (primary N) is 1. The summed E-state index contributed by atoms with van der Waals surface area (Å²) in [5.74, 6) is -6.42. The van der Waals surface area contributed by atoms with Crippen molar-refractivity contribution in [1.82, 2.24) is 9.55 Å². The van der Waals surface area contributed by atoms with E-state index in [0.717, 1.165) is 4.90 Å². The van der Waals surface area contributed by atoms with Crippen LogP contribution in [0.5, 0.6) is 5.75 Å². The van der Waals surface area contributed by atoms with Gasteiger partial charge in [-0.2, -0.15) is 0 Å². The highest BCUT2D eigenvalue weighted by atomic mass is 19.3. The van der Waals surface area contributed by atoms with E-state index in [-0.39, 0.29) is 34.7 Å². The van der Waals surface area contributed by atoms with Gasteiger partial charge in [0, 0.05) is 24.2 Å². The molecule has 7 nitrogen and oxygen atoms in total. The SMILES string of the molecule is Cc1c(N2CC(C(C)N)C(F)(F)C2)c(F)c(O)c2c(=O)[nH]c(=O)n(C3CC3)c12. The number of aromatic nitrogens is 2. The normalized spacial score (nSPS) is 22.8. The molecule has 1 aromatic carbocycles. The third-order valence-electron chi connectivity index (χ3n) is 5.73. The molecule has 28 heavy (non-hydrogen) atoms. The topological polar surface area (TPSA) is 104 Å². The quantitative estimate of drug-likeness (QED) is 0.729. The van der Waals surface area contributed by atoms with E-state index in [2.05, 4.69) is 4.98 Å². The van der Waals surface area contributed by atoms with Gasteiger partial charge in [0.15, 0.2) is 11.6 Å². The lowest BCUT2D eigenvalue weighted by Crippen LogP contribution is -2.39. The van der Waals surface area contributed by atoms with Crippen molar-refractivity contribution < 1.29 is 18.3 Å². The number of nitrogens with one attached hydrogen (secondary N) is 1. The average molecular weight is 398 g/mol. The first kappa shape index (κ1) is 18.9. The lowest BCUT2D eigenvalue weighted by Gasteiger charge is -2.24. The number of anilines is 1. The Morgan fingerprint density at radius 1 is 1.32 bits per heavy atom. The molecule has 0 radical (unpaired) electrons. The highest BCUT2D eigenvalue weighted by molar-refractivity contribution is 5.92. The zero-order chi connectivity index (χ0) is 20.5. The molecule has 2 aromatic rings. The number of nitrogens with zero attached hydrogens (tertiary/aromatic N) is 2.